The van der Waals surface area contributed by atoms with Crippen molar-refractivity contribution in [2.24, 2.45) is 10.8 Å². The zero-order valence-electron chi connectivity index (χ0n) is 13.8. The van der Waals surface area contributed by atoms with Crippen LogP contribution in [0.25, 0.3) is 0 Å². The molecule has 0 saturated carbocycles. The molecule has 0 fully saturated rings. The second-order valence-electron chi connectivity index (χ2n) is 8.04. The molecule has 2 nitrogen and oxygen atoms in total. The lowest BCUT2D eigenvalue weighted by Gasteiger charge is -2.38. The van der Waals surface area contributed by atoms with Crippen molar-refractivity contribution >= 4 is 11.6 Å². The van der Waals surface area contributed by atoms with Crippen molar-refractivity contribution in [3.63, 3.8) is 0 Å². The molecule has 0 spiro atoms. The molecule has 2 N–H and O–H groups in total. The van der Waals surface area contributed by atoms with Crippen molar-refractivity contribution in [3.8, 4) is 0 Å². The minimum Gasteiger partial charge on any atom is -0.396 e. The van der Waals surface area contributed by atoms with Gasteiger partial charge in [0.05, 0.1) is 0 Å². The van der Waals surface area contributed by atoms with Crippen molar-refractivity contribution in [1.82, 2.24) is 5.32 Å². The Kier molecular flexibility index (Phi) is 4.72. The molecule has 0 bridgehead atoms. The molecule has 1 aromatic rings. The van der Waals surface area contributed by atoms with E-state index in [1.165, 1.54) is 11.1 Å². The van der Waals surface area contributed by atoms with Gasteiger partial charge in [0, 0.05) is 23.7 Å². The number of aliphatic hydroxyl groups is 1. The van der Waals surface area contributed by atoms with Crippen LogP contribution in [0.15, 0.2) is 18.2 Å². The van der Waals surface area contributed by atoms with E-state index in [4.69, 9.17) is 11.6 Å². The summed E-state index contributed by atoms with van der Waals surface area (Å²) in [5.41, 5.74) is 2.98. The van der Waals surface area contributed by atoms with Gasteiger partial charge in [0.15, 0.2) is 0 Å². The van der Waals surface area contributed by atoms with Crippen molar-refractivity contribution in [2.75, 3.05) is 6.61 Å². The molecule has 3 heteroatoms. The van der Waals surface area contributed by atoms with E-state index in [9.17, 15) is 5.11 Å². The minimum atomic E-state index is 0.111. The number of benzene rings is 1. The lowest BCUT2D eigenvalue weighted by molar-refractivity contribution is 0.153. The third kappa shape index (κ3) is 3.61. The number of hydrogen-bond donors (Lipinski definition) is 2. The molecule has 118 valence electrons. The summed E-state index contributed by atoms with van der Waals surface area (Å²) < 4.78 is 0. The number of fused-ring (bicyclic) bond motifs is 1. The van der Waals surface area contributed by atoms with E-state index in [-0.39, 0.29) is 29.5 Å². The summed E-state index contributed by atoms with van der Waals surface area (Å²) >= 11 is 6.20. The Labute approximate surface area is 133 Å². The summed E-state index contributed by atoms with van der Waals surface area (Å²) in [7, 11) is 0. The van der Waals surface area contributed by atoms with Crippen molar-refractivity contribution in [3.05, 3.63) is 34.3 Å². The van der Waals surface area contributed by atoms with Gasteiger partial charge in [0.2, 0.25) is 0 Å². The second-order valence-corrected chi connectivity index (χ2v) is 8.48. The van der Waals surface area contributed by atoms with Crippen LogP contribution in [0.2, 0.25) is 5.02 Å². The average Bonchev–Trinajstić information content (AvgIpc) is 2.58. The van der Waals surface area contributed by atoms with Gasteiger partial charge in [-0.05, 0) is 46.9 Å². The fourth-order valence-electron chi connectivity index (χ4n) is 3.42. The molecule has 0 heterocycles. The van der Waals surface area contributed by atoms with Gasteiger partial charge in [0.1, 0.15) is 0 Å². The Bertz CT molecular complexity index is 504. The highest BCUT2D eigenvalue weighted by Crippen LogP contribution is 2.46. The maximum atomic E-state index is 9.38. The first-order valence-corrected chi connectivity index (χ1v) is 8.18. The van der Waals surface area contributed by atoms with Crippen LogP contribution in [0.1, 0.15) is 58.2 Å². The monoisotopic (exact) mass is 309 g/mol. The number of aliphatic hydroxyl groups excluding tert-OH is 1. The van der Waals surface area contributed by atoms with Gasteiger partial charge in [-0.2, -0.15) is 0 Å². The Morgan fingerprint density at radius 2 is 2.05 bits per heavy atom. The topological polar surface area (TPSA) is 32.3 Å². The van der Waals surface area contributed by atoms with Crippen molar-refractivity contribution in [1.29, 1.82) is 0 Å². The first-order chi connectivity index (χ1) is 9.65. The molecule has 21 heavy (non-hydrogen) atoms. The predicted molar refractivity (Wildman–Crippen MR) is 89.8 cm³/mol. The summed E-state index contributed by atoms with van der Waals surface area (Å²) in [6.45, 7) is 11.5. The molecular weight excluding hydrogens is 282 g/mol. The van der Waals surface area contributed by atoms with Gasteiger partial charge in [-0.25, -0.2) is 0 Å². The van der Waals surface area contributed by atoms with E-state index in [1.807, 2.05) is 6.07 Å². The highest BCUT2D eigenvalue weighted by Gasteiger charge is 2.41. The Hall–Kier alpha value is -0.570. The van der Waals surface area contributed by atoms with E-state index in [2.05, 4.69) is 52.1 Å². The molecule has 0 radical (unpaired) electrons. The zero-order chi connectivity index (χ0) is 15.8. The second kappa shape index (κ2) is 5.91. The van der Waals surface area contributed by atoms with Gasteiger partial charge >= 0.3 is 0 Å². The summed E-state index contributed by atoms with van der Waals surface area (Å²) in [5, 5.41) is 14.0. The summed E-state index contributed by atoms with van der Waals surface area (Å²) in [6.07, 6.45) is 1.83. The Morgan fingerprint density at radius 1 is 1.38 bits per heavy atom. The van der Waals surface area contributed by atoms with Gasteiger partial charge < -0.3 is 10.4 Å². The average molecular weight is 310 g/mol. The molecule has 2 rings (SSSR count). The van der Waals surface area contributed by atoms with E-state index in [0.29, 0.717) is 0 Å². The first kappa shape index (κ1) is 16.8. The standard InChI is InChI=1S/C18H28ClNO/c1-17(2,3)15(8-9-21)20-16-14-10-13(19)7-6-12(14)11-18(16,4)5/h6-7,10,15-16,20-21H,8-9,11H2,1-5H3. The summed E-state index contributed by atoms with van der Waals surface area (Å²) in [4.78, 5) is 0. The molecule has 1 aliphatic rings. The zero-order valence-corrected chi connectivity index (χ0v) is 14.6. The highest BCUT2D eigenvalue weighted by atomic mass is 35.5. The van der Waals surface area contributed by atoms with Gasteiger partial charge in [-0.1, -0.05) is 52.3 Å². The van der Waals surface area contributed by atoms with E-state index in [1.54, 1.807) is 0 Å². The molecule has 0 amide bonds. The number of halogens is 1. The summed E-state index contributed by atoms with van der Waals surface area (Å²) in [6, 6.07) is 6.79. The maximum absolute atomic E-state index is 9.38. The van der Waals surface area contributed by atoms with E-state index >= 15 is 0 Å². The predicted octanol–water partition coefficient (Wildman–Crippen LogP) is 4.35. The van der Waals surface area contributed by atoms with Crippen LogP contribution < -0.4 is 5.32 Å². The number of rotatable bonds is 4. The molecule has 1 aromatic carbocycles. The molecule has 1 aliphatic carbocycles. The van der Waals surface area contributed by atoms with Gasteiger partial charge in [0.25, 0.3) is 0 Å². The third-order valence-electron chi connectivity index (χ3n) is 4.68. The summed E-state index contributed by atoms with van der Waals surface area (Å²) in [5.74, 6) is 0. The van der Waals surface area contributed by atoms with E-state index in [0.717, 1.165) is 17.9 Å². The Morgan fingerprint density at radius 3 is 2.62 bits per heavy atom. The van der Waals surface area contributed by atoms with Crippen LogP contribution in [-0.4, -0.2) is 17.8 Å². The van der Waals surface area contributed by atoms with Crippen LogP contribution in [0, 0.1) is 10.8 Å². The molecular formula is C18H28ClNO. The van der Waals surface area contributed by atoms with Gasteiger partial charge in [-0.3, -0.25) is 0 Å². The molecule has 0 saturated heterocycles. The van der Waals surface area contributed by atoms with Gasteiger partial charge in [-0.15, -0.1) is 0 Å². The minimum absolute atomic E-state index is 0.111. The normalized spacial score (nSPS) is 22.1. The van der Waals surface area contributed by atoms with Crippen LogP contribution in [0.4, 0.5) is 0 Å². The lowest BCUT2D eigenvalue weighted by atomic mass is 9.80. The molecule has 0 aromatic heterocycles. The number of nitrogens with one attached hydrogen (secondary N) is 1. The lowest BCUT2D eigenvalue weighted by Crippen LogP contribution is -2.45. The fourth-order valence-corrected chi connectivity index (χ4v) is 3.60. The van der Waals surface area contributed by atoms with Crippen molar-refractivity contribution < 1.29 is 5.11 Å². The quantitative estimate of drug-likeness (QED) is 0.866. The third-order valence-corrected chi connectivity index (χ3v) is 4.91. The van der Waals surface area contributed by atoms with Crippen LogP contribution >= 0.6 is 11.6 Å². The maximum Gasteiger partial charge on any atom is 0.0446 e. The van der Waals surface area contributed by atoms with Crippen LogP contribution in [0.3, 0.4) is 0 Å². The Balaban J connectivity index is 2.31. The highest BCUT2D eigenvalue weighted by molar-refractivity contribution is 6.30. The first-order valence-electron chi connectivity index (χ1n) is 7.80. The largest absolute Gasteiger partial charge is 0.396 e. The molecule has 0 aliphatic heterocycles. The van der Waals surface area contributed by atoms with Crippen LogP contribution in [-0.2, 0) is 6.42 Å². The smallest absolute Gasteiger partial charge is 0.0446 e. The fraction of sp³-hybridized carbons (Fsp3) is 0.667. The molecule has 2 unspecified atom stereocenters. The van der Waals surface area contributed by atoms with Crippen LogP contribution in [0.5, 0.6) is 0 Å². The van der Waals surface area contributed by atoms with Crippen molar-refractivity contribution in [2.45, 2.75) is 59.5 Å². The number of hydrogen-bond acceptors (Lipinski definition) is 2. The molecule has 2 atom stereocenters. The SMILES string of the molecule is CC(C)(C)C(CCO)NC1c2cc(Cl)ccc2CC1(C)C. The van der Waals surface area contributed by atoms with E-state index < -0.39 is 0 Å².